The highest BCUT2D eigenvalue weighted by Gasteiger charge is 2.34. The molecule has 0 aromatic carbocycles. The number of hydrogen-bond donors (Lipinski definition) is 0. The van der Waals surface area contributed by atoms with Gasteiger partial charge in [-0.05, 0) is 38.5 Å². The van der Waals surface area contributed by atoms with Crippen molar-refractivity contribution >= 4 is 11.8 Å². The number of carbonyl (C=O) groups is 2. The molecule has 2 aliphatic rings. The molecule has 0 N–H and O–H groups in total. The Balaban J connectivity index is 1.59. The second-order valence-corrected chi connectivity index (χ2v) is 7.54. The lowest BCUT2D eigenvalue weighted by Gasteiger charge is -2.30. The number of ether oxygens (including phenoxy) is 1. The molecular weight excluding hydrogens is 344 g/mol. The zero-order valence-corrected chi connectivity index (χ0v) is 16.3. The Morgan fingerprint density at radius 3 is 2.63 bits per heavy atom. The van der Waals surface area contributed by atoms with Crippen molar-refractivity contribution in [3.63, 3.8) is 0 Å². The maximum absolute atomic E-state index is 12.8. The largest absolute Gasteiger partial charge is 0.365 e. The smallest absolute Gasteiger partial charge is 0.251 e. The van der Waals surface area contributed by atoms with Gasteiger partial charge in [-0.2, -0.15) is 0 Å². The normalized spacial score (nSPS) is 25.9. The third-order valence-electron chi connectivity index (χ3n) is 5.66. The molecule has 0 spiro atoms. The van der Waals surface area contributed by atoms with Gasteiger partial charge in [-0.25, -0.2) is 9.97 Å². The van der Waals surface area contributed by atoms with E-state index in [2.05, 4.69) is 16.9 Å². The van der Waals surface area contributed by atoms with Crippen LogP contribution < -0.4 is 0 Å². The summed E-state index contributed by atoms with van der Waals surface area (Å²) in [6.07, 6.45) is 10.3. The van der Waals surface area contributed by atoms with Gasteiger partial charge in [0.15, 0.2) is 0 Å². The summed E-state index contributed by atoms with van der Waals surface area (Å²) in [4.78, 5) is 37.0. The van der Waals surface area contributed by atoms with Crippen LogP contribution in [-0.4, -0.2) is 62.9 Å². The van der Waals surface area contributed by atoms with Crippen molar-refractivity contribution in [3.05, 3.63) is 24.3 Å². The highest BCUT2D eigenvalue weighted by Crippen LogP contribution is 2.25. The van der Waals surface area contributed by atoms with E-state index in [0.29, 0.717) is 13.1 Å². The Kier molecular flexibility index (Phi) is 6.77. The number of hydrogen-bond acceptors (Lipinski definition) is 5. The van der Waals surface area contributed by atoms with Crippen molar-refractivity contribution in [2.75, 3.05) is 13.1 Å². The minimum Gasteiger partial charge on any atom is -0.365 e. The summed E-state index contributed by atoms with van der Waals surface area (Å²) in [7, 11) is 0. The molecule has 2 saturated heterocycles. The van der Waals surface area contributed by atoms with Crippen LogP contribution in [0.25, 0.3) is 0 Å². The first-order valence-electron chi connectivity index (χ1n) is 10.0. The van der Waals surface area contributed by atoms with Gasteiger partial charge in [0.25, 0.3) is 5.91 Å². The van der Waals surface area contributed by atoms with Crippen LogP contribution in [0.1, 0.15) is 57.9 Å². The minimum atomic E-state index is -0.281. The molecule has 1 aromatic heterocycles. The Labute approximate surface area is 161 Å². The van der Waals surface area contributed by atoms with Crippen LogP contribution in [0.15, 0.2) is 18.7 Å². The highest BCUT2D eigenvalue weighted by atomic mass is 16.5. The maximum atomic E-state index is 12.8. The lowest BCUT2D eigenvalue weighted by molar-refractivity contribution is -0.143. The van der Waals surface area contributed by atoms with Crippen molar-refractivity contribution < 1.29 is 14.3 Å². The van der Waals surface area contributed by atoms with Gasteiger partial charge in [0.1, 0.15) is 12.4 Å². The topological polar surface area (TPSA) is 75.6 Å². The molecule has 2 aliphatic heterocycles. The van der Waals surface area contributed by atoms with Crippen LogP contribution in [0.3, 0.4) is 0 Å². The molecule has 1 aromatic rings. The van der Waals surface area contributed by atoms with E-state index in [-0.39, 0.29) is 30.1 Å². The molecule has 3 rings (SSSR count). The molecule has 148 valence electrons. The van der Waals surface area contributed by atoms with Crippen molar-refractivity contribution in [3.8, 4) is 0 Å². The molecule has 7 nitrogen and oxygen atoms in total. The van der Waals surface area contributed by atoms with Crippen LogP contribution in [0.4, 0.5) is 0 Å². The van der Waals surface area contributed by atoms with E-state index in [9.17, 15) is 9.59 Å². The fourth-order valence-electron chi connectivity index (χ4n) is 4.11. The molecule has 3 atom stereocenters. The van der Waals surface area contributed by atoms with Crippen LogP contribution in [0, 0.1) is 0 Å². The average molecular weight is 374 g/mol. The van der Waals surface area contributed by atoms with Gasteiger partial charge in [0.05, 0.1) is 6.10 Å². The monoisotopic (exact) mass is 374 g/mol. The number of likely N-dealkylation sites (tertiary alicyclic amines) is 1. The standard InChI is InChI=1S/C20H30N4O3/c1-3-18-6-7-19(27-18)20(26)23-9-4-5-17(8-10-23)24(15(2)25)13-16-11-21-14-22-12-16/h11-12,14,17-19H,3-10,13H2,1-2H3/t17-,18-,19+/m1/s1. The first kappa shape index (κ1) is 19.7. The molecular formula is C20H30N4O3. The summed E-state index contributed by atoms with van der Waals surface area (Å²) < 4.78 is 5.89. The summed E-state index contributed by atoms with van der Waals surface area (Å²) in [5.41, 5.74) is 0.926. The van der Waals surface area contributed by atoms with Crippen molar-refractivity contribution in [1.82, 2.24) is 19.8 Å². The van der Waals surface area contributed by atoms with E-state index in [1.54, 1.807) is 19.3 Å². The first-order valence-corrected chi connectivity index (χ1v) is 10.0. The van der Waals surface area contributed by atoms with E-state index in [1.165, 1.54) is 6.33 Å². The minimum absolute atomic E-state index is 0.0496. The third kappa shape index (κ3) is 5.03. The van der Waals surface area contributed by atoms with E-state index in [0.717, 1.165) is 50.6 Å². The number of aromatic nitrogens is 2. The van der Waals surface area contributed by atoms with E-state index >= 15 is 0 Å². The summed E-state index contributed by atoms with van der Waals surface area (Å²) in [6.45, 7) is 5.64. The Morgan fingerprint density at radius 1 is 1.19 bits per heavy atom. The second kappa shape index (κ2) is 9.26. The predicted molar refractivity (Wildman–Crippen MR) is 101 cm³/mol. The van der Waals surface area contributed by atoms with E-state index in [4.69, 9.17) is 4.74 Å². The number of amides is 2. The SMILES string of the molecule is CC[C@@H]1CC[C@@H](C(=O)N2CCC[C@@H](N(Cc3cncnc3)C(C)=O)CC2)O1. The zero-order chi connectivity index (χ0) is 19.2. The van der Waals surface area contributed by atoms with Gasteiger partial charge in [-0.3, -0.25) is 9.59 Å². The molecule has 2 fully saturated rings. The first-order chi connectivity index (χ1) is 13.1. The number of carbonyl (C=O) groups excluding carboxylic acids is 2. The van der Waals surface area contributed by atoms with Crippen LogP contribution in [-0.2, 0) is 20.9 Å². The second-order valence-electron chi connectivity index (χ2n) is 7.54. The Hall–Kier alpha value is -2.02. The lowest BCUT2D eigenvalue weighted by Crippen LogP contribution is -2.41. The number of rotatable bonds is 5. The molecule has 0 unspecified atom stereocenters. The average Bonchev–Trinajstić information content (AvgIpc) is 3.04. The molecule has 27 heavy (non-hydrogen) atoms. The van der Waals surface area contributed by atoms with Crippen molar-refractivity contribution in [2.24, 2.45) is 0 Å². The lowest BCUT2D eigenvalue weighted by atomic mass is 10.1. The quantitative estimate of drug-likeness (QED) is 0.789. The summed E-state index contributed by atoms with van der Waals surface area (Å²) >= 11 is 0. The molecule has 7 heteroatoms. The van der Waals surface area contributed by atoms with Gasteiger partial charge in [-0.1, -0.05) is 6.92 Å². The van der Waals surface area contributed by atoms with Crippen molar-refractivity contribution in [1.29, 1.82) is 0 Å². The van der Waals surface area contributed by atoms with E-state index in [1.807, 2.05) is 9.80 Å². The van der Waals surface area contributed by atoms with Crippen LogP contribution in [0.5, 0.6) is 0 Å². The molecule has 0 radical (unpaired) electrons. The molecule has 0 saturated carbocycles. The summed E-state index contributed by atoms with van der Waals surface area (Å²) in [5.74, 6) is 0.172. The predicted octanol–water partition coefficient (Wildman–Crippen LogP) is 2.16. The zero-order valence-electron chi connectivity index (χ0n) is 16.3. The van der Waals surface area contributed by atoms with E-state index < -0.39 is 0 Å². The van der Waals surface area contributed by atoms with Crippen LogP contribution in [0.2, 0.25) is 0 Å². The molecule has 2 amide bonds. The maximum Gasteiger partial charge on any atom is 0.251 e. The summed E-state index contributed by atoms with van der Waals surface area (Å²) in [5, 5.41) is 0. The highest BCUT2D eigenvalue weighted by molar-refractivity contribution is 5.81. The Morgan fingerprint density at radius 2 is 1.96 bits per heavy atom. The number of nitrogens with zero attached hydrogens (tertiary/aromatic N) is 4. The van der Waals surface area contributed by atoms with Gasteiger partial charge in [0, 0.05) is 50.6 Å². The van der Waals surface area contributed by atoms with Gasteiger partial charge in [-0.15, -0.1) is 0 Å². The van der Waals surface area contributed by atoms with Gasteiger partial charge >= 0.3 is 0 Å². The fraction of sp³-hybridized carbons (Fsp3) is 0.700. The fourth-order valence-corrected chi connectivity index (χ4v) is 4.11. The molecule has 0 bridgehead atoms. The Bertz CT molecular complexity index is 639. The van der Waals surface area contributed by atoms with Crippen LogP contribution >= 0.6 is 0 Å². The molecule has 0 aliphatic carbocycles. The van der Waals surface area contributed by atoms with Gasteiger partial charge in [0.2, 0.25) is 5.91 Å². The summed E-state index contributed by atoms with van der Waals surface area (Å²) in [6, 6.07) is 0.133. The van der Waals surface area contributed by atoms with Gasteiger partial charge < -0.3 is 14.5 Å². The molecule has 3 heterocycles. The van der Waals surface area contributed by atoms with Crippen molar-refractivity contribution in [2.45, 2.75) is 77.2 Å². The third-order valence-corrected chi connectivity index (χ3v) is 5.66.